The molecule has 0 saturated heterocycles. The van der Waals surface area contributed by atoms with Crippen LogP contribution in [0.3, 0.4) is 0 Å². The number of carbonyl (C=O) groups excluding carboxylic acids is 1. The molecule has 18 heavy (non-hydrogen) atoms. The topological polar surface area (TPSA) is 46.9 Å². The van der Waals surface area contributed by atoms with Gasteiger partial charge in [0.2, 0.25) is 0 Å². The van der Waals surface area contributed by atoms with Crippen LogP contribution in [0.5, 0.6) is 0 Å². The summed E-state index contributed by atoms with van der Waals surface area (Å²) in [4.78, 5) is 13.7. The number of hydrogen-bond acceptors (Lipinski definition) is 3. The molecule has 1 amide bonds. The van der Waals surface area contributed by atoms with Crippen molar-refractivity contribution in [3.8, 4) is 0 Å². The molecule has 2 aromatic heterocycles. The molecule has 2 aromatic rings. The Labute approximate surface area is 111 Å². The zero-order valence-corrected chi connectivity index (χ0v) is 11.5. The third-order valence-corrected chi connectivity index (χ3v) is 3.65. The van der Waals surface area contributed by atoms with Crippen molar-refractivity contribution in [2.45, 2.75) is 19.8 Å². The quantitative estimate of drug-likeness (QED) is 0.840. The molecule has 1 N–H and O–H groups in total. The van der Waals surface area contributed by atoms with Crippen LogP contribution in [-0.2, 0) is 13.5 Å². The molecule has 0 bridgehead atoms. The van der Waals surface area contributed by atoms with Gasteiger partial charge in [-0.3, -0.25) is 9.48 Å². The Balaban J connectivity index is 1.71. The molecule has 96 valence electrons. The minimum atomic E-state index is 0.0271. The van der Waals surface area contributed by atoms with E-state index >= 15 is 0 Å². The number of carbonyl (C=O) groups is 1. The molecule has 0 saturated carbocycles. The Hall–Kier alpha value is -1.62. The Kier molecular flexibility index (Phi) is 4.15. The van der Waals surface area contributed by atoms with Crippen molar-refractivity contribution in [2.24, 2.45) is 7.05 Å². The molecule has 0 atom stereocenters. The van der Waals surface area contributed by atoms with Gasteiger partial charge in [-0.05, 0) is 37.5 Å². The minimum Gasteiger partial charge on any atom is -0.351 e. The number of amides is 1. The Morgan fingerprint density at radius 1 is 1.50 bits per heavy atom. The molecule has 2 heterocycles. The van der Waals surface area contributed by atoms with Crippen molar-refractivity contribution < 1.29 is 4.79 Å². The Morgan fingerprint density at radius 3 is 2.94 bits per heavy atom. The fourth-order valence-corrected chi connectivity index (χ4v) is 2.52. The van der Waals surface area contributed by atoms with E-state index in [4.69, 9.17) is 0 Å². The van der Waals surface area contributed by atoms with Crippen LogP contribution in [0.15, 0.2) is 24.5 Å². The molecule has 0 unspecified atom stereocenters. The summed E-state index contributed by atoms with van der Waals surface area (Å²) in [5.41, 5.74) is 1.21. The van der Waals surface area contributed by atoms with Crippen molar-refractivity contribution in [1.29, 1.82) is 0 Å². The molecule has 0 aliphatic carbocycles. The predicted octanol–water partition coefficient (Wildman–Crippen LogP) is 2.15. The number of nitrogens with zero attached hydrogens (tertiary/aromatic N) is 2. The lowest BCUT2D eigenvalue weighted by Crippen LogP contribution is -2.23. The molecular weight excluding hydrogens is 246 g/mol. The van der Waals surface area contributed by atoms with E-state index in [0.29, 0.717) is 6.54 Å². The first-order valence-electron chi connectivity index (χ1n) is 5.97. The second-order valence-corrected chi connectivity index (χ2v) is 5.58. The third-order valence-electron chi connectivity index (χ3n) is 2.65. The van der Waals surface area contributed by atoms with Gasteiger partial charge in [-0.15, -0.1) is 11.3 Å². The van der Waals surface area contributed by atoms with Gasteiger partial charge in [-0.2, -0.15) is 5.10 Å². The van der Waals surface area contributed by atoms with Crippen LogP contribution in [-0.4, -0.2) is 22.2 Å². The summed E-state index contributed by atoms with van der Waals surface area (Å²) < 4.78 is 1.79. The van der Waals surface area contributed by atoms with Gasteiger partial charge in [0, 0.05) is 24.7 Å². The van der Waals surface area contributed by atoms with E-state index in [1.165, 1.54) is 16.9 Å². The number of nitrogens with one attached hydrogen (secondary N) is 1. The van der Waals surface area contributed by atoms with Crippen molar-refractivity contribution in [3.63, 3.8) is 0 Å². The van der Waals surface area contributed by atoms with Crippen LogP contribution in [0, 0.1) is 6.92 Å². The second-order valence-electron chi connectivity index (χ2n) is 4.29. The standard InChI is InChI=1S/C13H17N3OS/c1-10-5-6-12(18-10)13(17)14-7-3-4-11-8-15-16(2)9-11/h5-6,8-9H,3-4,7H2,1-2H3,(H,14,17). The number of thiophene rings is 1. The zero-order valence-electron chi connectivity index (χ0n) is 10.6. The summed E-state index contributed by atoms with van der Waals surface area (Å²) in [5, 5.41) is 7.05. The van der Waals surface area contributed by atoms with Crippen molar-refractivity contribution in [1.82, 2.24) is 15.1 Å². The summed E-state index contributed by atoms with van der Waals surface area (Å²) >= 11 is 1.53. The molecule has 0 aliphatic rings. The summed E-state index contributed by atoms with van der Waals surface area (Å²) in [6.07, 6.45) is 5.74. The van der Waals surface area contributed by atoms with Gasteiger partial charge in [0.05, 0.1) is 11.1 Å². The molecular formula is C13H17N3OS. The molecule has 4 nitrogen and oxygen atoms in total. The molecule has 2 rings (SSSR count). The fourth-order valence-electron chi connectivity index (χ4n) is 1.74. The Bertz CT molecular complexity index is 530. The highest BCUT2D eigenvalue weighted by molar-refractivity contribution is 7.13. The van der Waals surface area contributed by atoms with Gasteiger partial charge in [-0.1, -0.05) is 0 Å². The largest absolute Gasteiger partial charge is 0.351 e. The van der Waals surface area contributed by atoms with E-state index in [0.717, 1.165) is 22.6 Å². The lowest BCUT2D eigenvalue weighted by atomic mass is 10.2. The van der Waals surface area contributed by atoms with Crippen molar-refractivity contribution in [2.75, 3.05) is 6.54 Å². The van der Waals surface area contributed by atoms with Crippen molar-refractivity contribution >= 4 is 17.2 Å². The highest BCUT2D eigenvalue weighted by Crippen LogP contribution is 2.14. The van der Waals surface area contributed by atoms with E-state index in [1.54, 1.807) is 4.68 Å². The fraction of sp³-hybridized carbons (Fsp3) is 0.385. The van der Waals surface area contributed by atoms with Crippen LogP contribution >= 0.6 is 11.3 Å². The summed E-state index contributed by atoms with van der Waals surface area (Å²) in [5.74, 6) is 0.0271. The molecule has 0 aliphatic heterocycles. The smallest absolute Gasteiger partial charge is 0.261 e. The molecule has 5 heteroatoms. The maximum Gasteiger partial charge on any atom is 0.261 e. The van der Waals surface area contributed by atoms with E-state index < -0.39 is 0 Å². The first-order valence-corrected chi connectivity index (χ1v) is 6.79. The first-order chi connectivity index (χ1) is 8.65. The Morgan fingerprint density at radius 2 is 2.33 bits per heavy atom. The zero-order chi connectivity index (χ0) is 13.0. The molecule has 0 aromatic carbocycles. The van der Waals surface area contributed by atoms with E-state index in [-0.39, 0.29) is 5.91 Å². The molecule has 0 radical (unpaired) electrons. The monoisotopic (exact) mass is 263 g/mol. The molecule has 0 fully saturated rings. The van der Waals surface area contributed by atoms with E-state index in [9.17, 15) is 4.79 Å². The number of rotatable bonds is 5. The highest BCUT2D eigenvalue weighted by Gasteiger charge is 2.06. The van der Waals surface area contributed by atoms with Gasteiger partial charge in [0.25, 0.3) is 5.91 Å². The van der Waals surface area contributed by atoms with Crippen LogP contribution < -0.4 is 5.32 Å². The van der Waals surface area contributed by atoms with E-state index in [2.05, 4.69) is 10.4 Å². The van der Waals surface area contributed by atoms with Crippen LogP contribution in [0.25, 0.3) is 0 Å². The van der Waals surface area contributed by atoms with Gasteiger partial charge >= 0.3 is 0 Å². The third kappa shape index (κ3) is 3.43. The normalized spacial score (nSPS) is 10.6. The lowest BCUT2D eigenvalue weighted by Gasteiger charge is -2.02. The maximum atomic E-state index is 11.8. The summed E-state index contributed by atoms with van der Waals surface area (Å²) in [6.45, 7) is 2.70. The summed E-state index contributed by atoms with van der Waals surface area (Å²) in [6, 6.07) is 3.84. The average Bonchev–Trinajstić information content (AvgIpc) is 2.93. The van der Waals surface area contributed by atoms with Crippen LogP contribution in [0.4, 0.5) is 0 Å². The van der Waals surface area contributed by atoms with Crippen molar-refractivity contribution in [3.05, 3.63) is 39.8 Å². The lowest BCUT2D eigenvalue weighted by molar-refractivity contribution is 0.0957. The average molecular weight is 263 g/mol. The predicted molar refractivity (Wildman–Crippen MR) is 72.9 cm³/mol. The minimum absolute atomic E-state index is 0.0271. The van der Waals surface area contributed by atoms with E-state index in [1.807, 2.05) is 38.5 Å². The first kappa shape index (κ1) is 12.8. The summed E-state index contributed by atoms with van der Waals surface area (Å²) in [7, 11) is 1.91. The van der Waals surface area contributed by atoms with Crippen LogP contribution in [0.1, 0.15) is 26.5 Å². The highest BCUT2D eigenvalue weighted by atomic mass is 32.1. The number of aromatic nitrogens is 2. The maximum absolute atomic E-state index is 11.8. The van der Waals surface area contributed by atoms with Gasteiger partial charge in [0.1, 0.15) is 0 Å². The van der Waals surface area contributed by atoms with Crippen LogP contribution in [0.2, 0.25) is 0 Å². The molecule has 0 spiro atoms. The van der Waals surface area contributed by atoms with Gasteiger partial charge in [0.15, 0.2) is 0 Å². The van der Waals surface area contributed by atoms with Gasteiger partial charge < -0.3 is 5.32 Å². The second kappa shape index (κ2) is 5.82. The number of aryl methyl sites for hydroxylation is 3. The SMILES string of the molecule is Cc1ccc(C(=O)NCCCc2cnn(C)c2)s1. The van der Waals surface area contributed by atoms with Gasteiger partial charge in [-0.25, -0.2) is 0 Å². The number of hydrogen-bond donors (Lipinski definition) is 1.